The van der Waals surface area contributed by atoms with E-state index in [1.807, 2.05) is 67.8 Å². The number of hydrogen-bond donors (Lipinski definition) is 0. The smallest absolute Gasteiger partial charge is 0.432 e. The minimum absolute atomic E-state index is 0.0146. The van der Waals surface area contributed by atoms with Gasteiger partial charge in [-0.2, -0.15) is 65.9 Å². The van der Waals surface area contributed by atoms with Crippen LogP contribution >= 0.6 is 214 Å². The molecule has 0 amide bonds. The maximum absolute atomic E-state index is 13.3. The lowest BCUT2D eigenvalue weighted by atomic mass is 9.99. The van der Waals surface area contributed by atoms with E-state index in [1.165, 1.54) is 86.2 Å². The summed E-state index contributed by atoms with van der Waals surface area (Å²) in [7, 11) is -20.3. The van der Waals surface area contributed by atoms with Crippen LogP contribution in [-0.4, -0.2) is 128 Å². The molecule has 0 radical (unpaired) electrons. The minimum atomic E-state index is -6.76. The molecule has 1 heterocycles. The Balaban J connectivity index is 0.000000192. The van der Waals surface area contributed by atoms with Crippen LogP contribution in [0.1, 0.15) is 82.9 Å². The van der Waals surface area contributed by atoms with Crippen LogP contribution in [0, 0.1) is 32.1 Å². The molecule has 1 fully saturated rings. The zero-order valence-electron chi connectivity index (χ0n) is 72.5. The first-order valence-electron chi connectivity index (χ1n) is 40.8. The van der Waals surface area contributed by atoms with E-state index in [2.05, 4.69) is 276 Å². The van der Waals surface area contributed by atoms with E-state index in [9.17, 15) is 124 Å². The van der Waals surface area contributed by atoms with Crippen LogP contribution in [-0.2, 0) is 75.9 Å². The third kappa shape index (κ3) is 33.0. The average molecular weight is 3120 g/mol. The molecule has 0 spiro atoms. The van der Waals surface area contributed by atoms with E-state index in [-0.39, 0.29) is 50.6 Å². The van der Waals surface area contributed by atoms with Crippen molar-refractivity contribution in [3.05, 3.63) is 340 Å². The van der Waals surface area contributed by atoms with Gasteiger partial charge in [0.2, 0.25) is 0 Å². The topological polar surface area (TPSA) is 286 Å². The number of alkyl halides is 15. The number of carbonyl (C=O) groups excluding carboxylic acids is 4. The lowest BCUT2D eigenvalue weighted by Gasteiger charge is -2.29. The first kappa shape index (κ1) is 121. The van der Waals surface area contributed by atoms with Gasteiger partial charge in [0.05, 0.1) is 45.1 Å². The van der Waals surface area contributed by atoms with Gasteiger partial charge in [0.25, 0.3) is 18.3 Å². The van der Waals surface area contributed by atoms with Crippen molar-refractivity contribution < 1.29 is 148 Å². The van der Waals surface area contributed by atoms with Crippen molar-refractivity contribution in [1.82, 2.24) is 0 Å². The number of esters is 4. The quantitative estimate of drug-likeness (QED) is 0.00711. The highest BCUT2D eigenvalue weighted by molar-refractivity contribution is 14.1. The van der Waals surface area contributed by atoms with E-state index >= 15 is 0 Å². The fraction of sp³-hybridized carbons (Fsp3) is 0.200. The van der Waals surface area contributed by atoms with Gasteiger partial charge in [-0.1, -0.05) is 140 Å². The van der Waals surface area contributed by atoms with Crippen LogP contribution in [0.3, 0.4) is 0 Å². The number of rotatable bonds is 26. The molecule has 18 nitrogen and oxygen atoms in total. The maximum Gasteiger partial charge on any atom is 0.432 e. The summed E-state index contributed by atoms with van der Waals surface area (Å²) < 4.78 is 317. The second-order valence-corrected chi connectivity index (χ2v) is 50.5. The third-order valence-corrected chi connectivity index (χ3v) is 40.3. The van der Waals surface area contributed by atoms with Gasteiger partial charge in [-0.25, -0.2) is 39.6 Å². The minimum Gasteiger partial charge on any atom is -0.743 e. The van der Waals surface area contributed by atoms with Crippen molar-refractivity contribution >= 4 is 310 Å². The molecule has 0 bridgehead atoms. The van der Waals surface area contributed by atoms with Gasteiger partial charge in [0.15, 0.2) is 74.0 Å². The zero-order chi connectivity index (χ0) is 106. The summed E-state index contributed by atoms with van der Waals surface area (Å²) in [6.45, 7) is 1.79. The number of hydrogen-bond acceptors (Lipinski definition) is 18. The highest BCUT2D eigenvalue weighted by Crippen LogP contribution is 2.50. The van der Waals surface area contributed by atoms with Crippen molar-refractivity contribution in [3.8, 4) is 10.6 Å². The van der Waals surface area contributed by atoms with Gasteiger partial charge < -0.3 is 37.3 Å². The molecule has 1 aliphatic rings. The first-order chi connectivity index (χ1) is 66.8. The third-order valence-electron chi connectivity index (χ3n) is 19.8. The fourth-order valence-corrected chi connectivity index (χ4v) is 28.2. The van der Waals surface area contributed by atoms with Crippen LogP contribution in [0.2, 0.25) is 0 Å². The fourth-order valence-electron chi connectivity index (χ4n) is 13.2. The number of fused-ring (bicyclic) bond motifs is 3. The van der Waals surface area contributed by atoms with Gasteiger partial charge in [-0.15, -0.1) is 0 Å². The molecule has 14 rings (SSSR count). The molecule has 762 valence electrons. The predicted octanol–water partition coefficient (Wildman–Crippen LogP) is 28.9. The normalized spacial score (nSPS) is 13.6. The Labute approximate surface area is 942 Å². The Morgan fingerprint density at radius 3 is 0.937 bits per heavy atom. The number of halogens is 24. The Morgan fingerprint density at radius 1 is 0.371 bits per heavy atom. The van der Waals surface area contributed by atoms with Gasteiger partial charge in [0.1, 0.15) is 11.4 Å². The Bertz CT molecular complexity index is 6620. The highest BCUT2D eigenvalue weighted by Gasteiger charge is 2.65. The SMILES string of the molecule is CCC1(Oc2ccc([S+](c3ccccc3)c3ccccc3)cc2)CCCC1.O=C(CCCOC(=O)c1cc(I)cc(I)c1I)OC(C(F)(F)F)C(F)(F)S(=O)(=O)[O-].O=C(OC(C(F)(F)F)C(F)(F)S(=O)(=O)[O-])c1cc(I)cc(I)c1I.O=C(OC(C(F)(F)F)C(F)(F)S(=O)(=O)[O-])c1cc(I)cc(I)c1I.c1ccc(-[s+]2c3ccccc3c3ccccc32)cc1.c1ccc([S+](c2ccccc2)c2ccccc2)cc1. The van der Waals surface area contributed by atoms with Crippen molar-refractivity contribution in [2.24, 2.45) is 0 Å². The lowest BCUT2D eigenvalue weighted by molar-refractivity contribution is -0.259. The molecule has 12 aromatic carbocycles. The maximum atomic E-state index is 13.3. The average Bonchev–Trinajstić information content (AvgIpc) is 1.60. The van der Waals surface area contributed by atoms with Gasteiger partial charge in [-0.3, -0.25) is 4.79 Å². The van der Waals surface area contributed by atoms with Gasteiger partial charge in [0, 0.05) is 59.8 Å². The number of carbonyl (C=O) groups is 4. The zero-order valence-corrected chi connectivity index (χ0v) is 96.8. The first-order valence-corrected chi connectivity index (χ1v) is 58.4. The lowest BCUT2D eigenvalue weighted by Crippen LogP contribution is -2.52. The van der Waals surface area contributed by atoms with Crippen LogP contribution in [0.25, 0.3) is 25.1 Å². The second-order valence-electron chi connectivity index (χ2n) is 29.7. The van der Waals surface area contributed by atoms with Crippen LogP contribution < -0.4 is 4.74 Å². The standard InChI is InChI=1S/C25H27OS.C18H13S.C18H15S.C14H10F5I3O7S.2C10H4F5I3O5S/c1-2-25(19-9-10-20-25)26-21-15-17-24(18-16-21)27(22-11-5-3-6-12-22)23-13-7-4-8-14-23;1-2-8-14(9-3-1)19-17-12-6-4-10-15(17)16-11-5-7-13-18(16)19;1-4-10-16(11-5-1)19(17-12-6-2-7-13-17)18-14-8-3-9-15-18;15-13(16,17)12(14(18,19)30(25,26)27)29-9(23)2-1-3-28-11(24)7-4-6(20)5-8(21)10(7)22;2*11-9(12,13)8(10(14,15)24(20,21)22)23-7(19)4-1-3(16)2-5(17)6(4)18/h3-8,11-18H,2,9-10,19-20H2,1H3;1-13H;1-15H;4-5,12H,1-3H2,(H,25,26,27);2*1-2,8H,(H,20,21,22)/q3*+1;;;/p-3. The molecule has 1 aromatic heterocycles. The molecular weight excluding hydrogens is 3050 g/mol. The second kappa shape index (κ2) is 53.0. The highest BCUT2D eigenvalue weighted by atomic mass is 127. The summed E-state index contributed by atoms with van der Waals surface area (Å²) in [6, 6.07) is 99.5. The van der Waals surface area contributed by atoms with Crippen molar-refractivity contribution in [1.29, 1.82) is 0 Å². The Kier molecular flexibility index (Phi) is 44.8. The summed E-state index contributed by atoms with van der Waals surface area (Å²) in [5, 5.41) is -14.9. The van der Waals surface area contributed by atoms with Crippen molar-refractivity contribution in [2.75, 3.05) is 6.61 Å². The molecule has 3 atom stereocenters. The summed E-state index contributed by atoms with van der Waals surface area (Å²) >= 11 is 16.0. The van der Waals surface area contributed by atoms with E-state index in [1.54, 1.807) is 154 Å². The number of benzene rings is 12. The molecule has 13 aromatic rings. The van der Waals surface area contributed by atoms with Gasteiger partial charge in [-0.05, 0) is 400 Å². The molecule has 48 heteroatoms. The summed E-state index contributed by atoms with van der Waals surface area (Å²) in [5.74, 6) is -5.29. The van der Waals surface area contributed by atoms with Crippen LogP contribution in [0.15, 0.2) is 321 Å². The molecule has 0 saturated heterocycles. The van der Waals surface area contributed by atoms with E-state index < -0.39 is 137 Å². The molecule has 0 aliphatic heterocycles. The Hall–Kier alpha value is -5.51. The van der Waals surface area contributed by atoms with Gasteiger partial charge >= 0.3 is 58.2 Å². The molecule has 0 N–H and O–H groups in total. The molecule has 143 heavy (non-hydrogen) atoms. The monoisotopic (exact) mass is 3120 g/mol. The number of ether oxygens (including phenoxy) is 5. The van der Waals surface area contributed by atoms with Crippen LogP contribution in [0.5, 0.6) is 5.75 Å². The number of thiophene rings is 1. The molecular formula is C95H70F15I9O18S6. The van der Waals surface area contributed by atoms with Crippen LogP contribution in [0.4, 0.5) is 65.9 Å². The molecule has 3 unspecified atom stereocenters. The molecule has 1 aliphatic carbocycles. The Morgan fingerprint density at radius 2 is 0.643 bits per heavy atom. The summed E-state index contributed by atoms with van der Waals surface area (Å²) in [6.07, 6.45) is -26.5. The van der Waals surface area contributed by atoms with Crippen molar-refractivity contribution in [2.45, 2.75) is 139 Å². The van der Waals surface area contributed by atoms with E-state index in [0.29, 0.717) is 17.9 Å². The largest absolute Gasteiger partial charge is 0.743 e. The van der Waals surface area contributed by atoms with Crippen molar-refractivity contribution in [3.63, 3.8) is 0 Å². The van der Waals surface area contributed by atoms with E-state index in [4.69, 9.17) is 9.47 Å². The van der Waals surface area contributed by atoms with E-state index in [0.717, 1.165) is 31.4 Å². The summed E-state index contributed by atoms with van der Waals surface area (Å²) in [5.41, 5.74) is -0.672. The summed E-state index contributed by atoms with van der Waals surface area (Å²) in [4.78, 5) is 56.7. The molecule has 1 saturated carbocycles. The predicted molar refractivity (Wildman–Crippen MR) is 584 cm³/mol.